The Bertz CT molecular complexity index is 764. The van der Waals surface area contributed by atoms with Crippen molar-refractivity contribution in [2.75, 3.05) is 13.1 Å². The number of carbonyl (C=O) groups excluding carboxylic acids is 1. The standard InChI is InChI=1S/C21H21F6NO/c22-20(23,24)18-12-16(14-29)13-19(21(25,26)27)17(18)9-5-11-28-10-4-8-15-6-2-1-3-7-15/h1-3,6-7,12-14,28H,4-5,8-11H2. The van der Waals surface area contributed by atoms with Crippen LogP contribution < -0.4 is 5.32 Å². The van der Waals surface area contributed by atoms with E-state index in [0.717, 1.165) is 18.4 Å². The van der Waals surface area contributed by atoms with Crippen molar-refractivity contribution in [1.29, 1.82) is 0 Å². The van der Waals surface area contributed by atoms with Gasteiger partial charge < -0.3 is 5.32 Å². The number of carbonyl (C=O) groups is 1. The number of nitrogens with one attached hydrogen (secondary N) is 1. The molecule has 0 atom stereocenters. The summed E-state index contributed by atoms with van der Waals surface area (Å²) in [4.78, 5) is 10.8. The molecule has 2 aromatic rings. The van der Waals surface area contributed by atoms with Gasteiger partial charge in [0, 0.05) is 5.56 Å². The molecule has 0 bridgehead atoms. The Hall–Kier alpha value is -2.35. The van der Waals surface area contributed by atoms with Crippen molar-refractivity contribution in [3.8, 4) is 0 Å². The van der Waals surface area contributed by atoms with Crippen LogP contribution in [0.2, 0.25) is 0 Å². The molecular weight excluding hydrogens is 396 g/mol. The lowest BCUT2D eigenvalue weighted by atomic mass is 9.93. The van der Waals surface area contributed by atoms with Gasteiger partial charge in [-0.3, -0.25) is 4.79 Å². The molecule has 29 heavy (non-hydrogen) atoms. The predicted octanol–water partition coefficient (Wildman–Crippen LogP) is 5.69. The van der Waals surface area contributed by atoms with Crippen LogP contribution in [0.15, 0.2) is 42.5 Å². The van der Waals surface area contributed by atoms with E-state index in [2.05, 4.69) is 5.32 Å². The SMILES string of the molecule is O=Cc1cc(C(F)(F)F)c(CCCNCCCc2ccccc2)c(C(F)(F)F)c1. The fourth-order valence-corrected chi connectivity index (χ4v) is 3.11. The smallest absolute Gasteiger partial charge is 0.317 e. The summed E-state index contributed by atoms with van der Waals surface area (Å²) in [5.74, 6) is 0. The largest absolute Gasteiger partial charge is 0.416 e. The van der Waals surface area contributed by atoms with Gasteiger partial charge in [-0.15, -0.1) is 0 Å². The Morgan fingerprint density at radius 3 is 1.79 bits per heavy atom. The maximum Gasteiger partial charge on any atom is 0.416 e. The topological polar surface area (TPSA) is 29.1 Å². The predicted molar refractivity (Wildman–Crippen MR) is 97.8 cm³/mol. The second-order valence-corrected chi connectivity index (χ2v) is 6.65. The Labute approximate surface area is 164 Å². The minimum Gasteiger partial charge on any atom is -0.317 e. The van der Waals surface area contributed by atoms with Crippen LogP contribution in [0, 0.1) is 0 Å². The van der Waals surface area contributed by atoms with Crippen molar-refractivity contribution in [2.45, 2.75) is 38.0 Å². The molecule has 0 aromatic heterocycles. The summed E-state index contributed by atoms with van der Waals surface area (Å²) in [7, 11) is 0. The number of alkyl halides is 6. The molecule has 0 aliphatic rings. The molecule has 0 radical (unpaired) electrons. The number of hydrogen-bond donors (Lipinski definition) is 1. The number of hydrogen-bond acceptors (Lipinski definition) is 2. The Morgan fingerprint density at radius 1 is 0.793 bits per heavy atom. The van der Waals surface area contributed by atoms with Crippen LogP contribution in [0.4, 0.5) is 26.3 Å². The molecule has 0 fully saturated rings. The van der Waals surface area contributed by atoms with Gasteiger partial charge in [0.15, 0.2) is 0 Å². The second-order valence-electron chi connectivity index (χ2n) is 6.65. The zero-order valence-electron chi connectivity index (χ0n) is 15.5. The van der Waals surface area contributed by atoms with Crippen LogP contribution in [-0.2, 0) is 25.2 Å². The van der Waals surface area contributed by atoms with Crippen molar-refractivity contribution < 1.29 is 31.1 Å². The van der Waals surface area contributed by atoms with E-state index in [-0.39, 0.29) is 12.7 Å². The van der Waals surface area contributed by atoms with Gasteiger partial charge in [0.05, 0.1) is 11.1 Å². The molecule has 0 saturated carbocycles. The van der Waals surface area contributed by atoms with Crippen LogP contribution in [0.5, 0.6) is 0 Å². The summed E-state index contributed by atoms with van der Waals surface area (Å²) < 4.78 is 79.6. The van der Waals surface area contributed by atoms with Crippen LogP contribution in [-0.4, -0.2) is 19.4 Å². The third-order valence-electron chi connectivity index (χ3n) is 4.46. The summed E-state index contributed by atoms with van der Waals surface area (Å²) in [6, 6.07) is 10.7. The molecule has 2 rings (SSSR count). The maximum atomic E-state index is 13.3. The zero-order valence-corrected chi connectivity index (χ0v) is 15.5. The van der Waals surface area contributed by atoms with E-state index < -0.39 is 41.0 Å². The highest BCUT2D eigenvalue weighted by Gasteiger charge is 2.40. The molecular formula is C21H21F6NO. The third-order valence-corrected chi connectivity index (χ3v) is 4.46. The zero-order chi connectivity index (χ0) is 21.5. The molecule has 2 aromatic carbocycles. The summed E-state index contributed by atoms with van der Waals surface area (Å²) in [5.41, 5.74) is -3.11. The highest BCUT2D eigenvalue weighted by Crippen LogP contribution is 2.40. The fourth-order valence-electron chi connectivity index (χ4n) is 3.11. The molecule has 0 amide bonds. The van der Waals surface area contributed by atoms with Gasteiger partial charge in [-0.05, 0) is 62.0 Å². The van der Waals surface area contributed by atoms with Gasteiger partial charge in [-0.2, -0.15) is 26.3 Å². The molecule has 0 spiro atoms. The molecule has 1 N–H and O–H groups in total. The van der Waals surface area contributed by atoms with E-state index in [1.165, 1.54) is 0 Å². The quantitative estimate of drug-likeness (QED) is 0.323. The molecule has 8 heteroatoms. The molecule has 0 aliphatic heterocycles. The Morgan fingerprint density at radius 2 is 1.31 bits per heavy atom. The van der Waals surface area contributed by atoms with Gasteiger partial charge in [0.2, 0.25) is 0 Å². The van der Waals surface area contributed by atoms with Gasteiger partial charge in [0.1, 0.15) is 6.29 Å². The van der Waals surface area contributed by atoms with Crippen LogP contribution in [0.1, 0.15) is 45.5 Å². The first-order chi connectivity index (χ1) is 13.6. The van der Waals surface area contributed by atoms with E-state index in [1.807, 2.05) is 30.3 Å². The Kier molecular flexibility index (Phi) is 7.84. The molecule has 0 aliphatic carbocycles. The van der Waals surface area contributed by atoms with E-state index in [0.29, 0.717) is 25.2 Å². The number of aryl methyl sites for hydroxylation is 1. The van der Waals surface area contributed by atoms with Crippen LogP contribution >= 0.6 is 0 Å². The maximum absolute atomic E-state index is 13.3. The van der Waals surface area contributed by atoms with E-state index in [9.17, 15) is 31.1 Å². The van der Waals surface area contributed by atoms with Gasteiger partial charge >= 0.3 is 12.4 Å². The lowest BCUT2D eigenvalue weighted by molar-refractivity contribution is -0.144. The van der Waals surface area contributed by atoms with Crippen LogP contribution in [0.3, 0.4) is 0 Å². The van der Waals surface area contributed by atoms with Gasteiger partial charge in [-0.1, -0.05) is 30.3 Å². The highest BCUT2D eigenvalue weighted by molar-refractivity contribution is 5.76. The normalized spacial score (nSPS) is 12.2. The van der Waals surface area contributed by atoms with Crippen molar-refractivity contribution in [3.63, 3.8) is 0 Å². The Balaban J connectivity index is 1.99. The van der Waals surface area contributed by atoms with Crippen LogP contribution in [0.25, 0.3) is 0 Å². The molecule has 2 nitrogen and oxygen atoms in total. The van der Waals surface area contributed by atoms with Crippen molar-refractivity contribution in [1.82, 2.24) is 5.32 Å². The number of aldehydes is 1. The van der Waals surface area contributed by atoms with Crippen molar-refractivity contribution >= 4 is 6.29 Å². The van der Waals surface area contributed by atoms with Crippen molar-refractivity contribution in [3.05, 3.63) is 70.3 Å². The number of halogens is 6. The number of benzene rings is 2. The first-order valence-corrected chi connectivity index (χ1v) is 9.14. The minimum absolute atomic E-state index is 0.0114. The average Bonchev–Trinajstić information content (AvgIpc) is 2.66. The fraction of sp³-hybridized carbons (Fsp3) is 0.381. The van der Waals surface area contributed by atoms with E-state index >= 15 is 0 Å². The van der Waals surface area contributed by atoms with Crippen molar-refractivity contribution in [2.24, 2.45) is 0 Å². The summed E-state index contributed by atoms with van der Waals surface area (Å²) in [5, 5.41) is 3.05. The summed E-state index contributed by atoms with van der Waals surface area (Å²) in [6.07, 6.45) is -8.61. The second kappa shape index (κ2) is 9.91. The first-order valence-electron chi connectivity index (χ1n) is 9.14. The monoisotopic (exact) mass is 417 g/mol. The lowest BCUT2D eigenvalue weighted by Crippen LogP contribution is -2.21. The molecule has 0 unspecified atom stereocenters. The lowest BCUT2D eigenvalue weighted by Gasteiger charge is -2.19. The summed E-state index contributed by atoms with van der Waals surface area (Å²) in [6.45, 7) is 0.899. The number of rotatable bonds is 9. The molecule has 0 saturated heterocycles. The molecule has 0 heterocycles. The van der Waals surface area contributed by atoms with E-state index in [4.69, 9.17) is 0 Å². The van der Waals surface area contributed by atoms with Gasteiger partial charge in [0.25, 0.3) is 0 Å². The third kappa shape index (κ3) is 6.88. The van der Waals surface area contributed by atoms with E-state index in [1.54, 1.807) is 0 Å². The minimum atomic E-state index is -4.97. The first kappa shape index (κ1) is 22.9. The summed E-state index contributed by atoms with van der Waals surface area (Å²) >= 11 is 0. The highest BCUT2D eigenvalue weighted by atomic mass is 19.4. The van der Waals surface area contributed by atoms with Gasteiger partial charge in [-0.25, -0.2) is 0 Å². The average molecular weight is 417 g/mol. The molecule has 158 valence electrons.